The van der Waals surface area contributed by atoms with Crippen molar-refractivity contribution in [1.29, 1.82) is 0 Å². The van der Waals surface area contributed by atoms with Crippen molar-refractivity contribution in [2.45, 2.75) is 0 Å². The average molecular weight is 154 g/mol. The highest BCUT2D eigenvalue weighted by Gasteiger charge is 1.94. The molecule has 1 aromatic rings. The maximum atomic E-state index is 10.4. The molecule has 0 spiro atoms. The summed E-state index contributed by atoms with van der Waals surface area (Å²) in [6, 6.07) is 3.29. The minimum absolute atomic E-state index is 0. The third-order valence-corrected chi connectivity index (χ3v) is 0.946. The Labute approximate surface area is 63.3 Å². The number of hydrogen-bond acceptors (Lipinski definition) is 2. The zero-order valence-electron chi connectivity index (χ0n) is 4.74. The highest BCUT2D eigenvalue weighted by molar-refractivity contribution is 5.92. The maximum Gasteiger partial charge on any atom is 0.250 e. The molecule has 0 aliphatic carbocycles. The van der Waals surface area contributed by atoms with Crippen LogP contribution in [0.3, 0.4) is 0 Å². The molecule has 1 heterocycles. The van der Waals surface area contributed by atoms with Crippen molar-refractivity contribution in [3.8, 4) is 0 Å². The molecule has 1 rings (SSSR count). The van der Waals surface area contributed by atoms with E-state index in [2.05, 4.69) is 4.98 Å². The molecule has 0 saturated heterocycles. The van der Waals surface area contributed by atoms with Crippen molar-refractivity contribution in [1.82, 2.24) is 4.98 Å². The SMILES string of the molecule is NC(=O)c1cccnc1.[SiH4]. The van der Waals surface area contributed by atoms with Crippen LogP contribution >= 0.6 is 0 Å². The van der Waals surface area contributed by atoms with E-state index in [1.165, 1.54) is 6.20 Å². The van der Waals surface area contributed by atoms with Gasteiger partial charge in [-0.1, -0.05) is 0 Å². The summed E-state index contributed by atoms with van der Waals surface area (Å²) in [6.07, 6.45) is 3.02. The monoisotopic (exact) mass is 154 g/mol. The van der Waals surface area contributed by atoms with E-state index in [0.29, 0.717) is 5.56 Å². The Morgan fingerprint density at radius 2 is 2.30 bits per heavy atom. The van der Waals surface area contributed by atoms with Gasteiger partial charge in [0.2, 0.25) is 5.91 Å². The lowest BCUT2D eigenvalue weighted by atomic mass is 10.3. The van der Waals surface area contributed by atoms with Crippen LogP contribution in [0.2, 0.25) is 0 Å². The number of nitrogens with zero attached hydrogens (tertiary/aromatic N) is 1. The first-order valence-corrected chi connectivity index (χ1v) is 2.50. The molecule has 4 heteroatoms. The lowest BCUT2D eigenvalue weighted by Gasteiger charge is -1.88. The van der Waals surface area contributed by atoms with Gasteiger partial charge in [-0.05, 0) is 23.1 Å². The molecule has 0 aliphatic heterocycles. The molecule has 2 N–H and O–H groups in total. The molecule has 10 heavy (non-hydrogen) atoms. The molecule has 1 amide bonds. The molecule has 3 nitrogen and oxygen atoms in total. The van der Waals surface area contributed by atoms with E-state index in [0.717, 1.165) is 0 Å². The van der Waals surface area contributed by atoms with Crippen LogP contribution < -0.4 is 5.73 Å². The van der Waals surface area contributed by atoms with Gasteiger partial charge >= 0.3 is 0 Å². The summed E-state index contributed by atoms with van der Waals surface area (Å²) in [5.74, 6) is -0.442. The molecule has 0 bridgehead atoms. The predicted molar refractivity (Wildman–Crippen MR) is 44.1 cm³/mol. The molecule has 0 radical (unpaired) electrons. The Morgan fingerprint density at radius 3 is 2.60 bits per heavy atom. The van der Waals surface area contributed by atoms with Gasteiger partial charge < -0.3 is 5.73 Å². The van der Waals surface area contributed by atoms with Crippen LogP contribution in [-0.4, -0.2) is 21.9 Å². The van der Waals surface area contributed by atoms with Gasteiger partial charge in [0.05, 0.1) is 5.56 Å². The summed E-state index contributed by atoms with van der Waals surface area (Å²) >= 11 is 0. The van der Waals surface area contributed by atoms with Crippen LogP contribution in [0.25, 0.3) is 0 Å². The number of carbonyl (C=O) groups excluding carboxylic acids is 1. The number of aromatic nitrogens is 1. The smallest absolute Gasteiger partial charge is 0.250 e. The van der Waals surface area contributed by atoms with Crippen LogP contribution in [0.1, 0.15) is 10.4 Å². The summed E-state index contributed by atoms with van der Waals surface area (Å²) in [5.41, 5.74) is 5.38. The minimum atomic E-state index is -0.442. The van der Waals surface area contributed by atoms with Crippen LogP contribution in [-0.2, 0) is 0 Å². The summed E-state index contributed by atoms with van der Waals surface area (Å²) in [4.78, 5) is 14.1. The van der Waals surface area contributed by atoms with E-state index in [4.69, 9.17) is 5.73 Å². The Hall–Kier alpha value is -1.16. The maximum absolute atomic E-state index is 10.4. The van der Waals surface area contributed by atoms with Crippen molar-refractivity contribution in [2.75, 3.05) is 0 Å². The molecule has 0 atom stereocenters. The van der Waals surface area contributed by atoms with Crippen molar-refractivity contribution < 1.29 is 4.79 Å². The zero-order valence-corrected chi connectivity index (χ0v) is 4.74. The van der Waals surface area contributed by atoms with Gasteiger partial charge in [0.25, 0.3) is 0 Å². The van der Waals surface area contributed by atoms with E-state index in [1.54, 1.807) is 18.3 Å². The molecular weight excluding hydrogens is 144 g/mol. The van der Waals surface area contributed by atoms with Crippen LogP contribution in [0.5, 0.6) is 0 Å². The van der Waals surface area contributed by atoms with Crippen LogP contribution in [0.4, 0.5) is 0 Å². The van der Waals surface area contributed by atoms with Gasteiger partial charge in [0, 0.05) is 12.4 Å². The predicted octanol–water partition coefficient (Wildman–Crippen LogP) is -1.27. The number of rotatable bonds is 1. The fourth-order valence-corrected chi connectivity index (χ4v) is 0.509. The van der Waals surface area contributed by atoms with Gasteiger partial charge in [-0.2, -0.15) is 0 Å². The number of pyridine rings is 1. The molecule has 0 aliphatic rings. The molecule has 0 aromatic carbocycles. The standard InChI is InChI=1S/C6H6N2O.H4Si/c7-6(9)5-2-1-3-8-4-5;/h1-4H,(H2,7,9);1H4. The Morgan fingerprint density at radius 1 is 1.60 bits per heavy atom. The zero-order chi connectivity index (χ0) is 6.69. The second-order valence-corrected chi connectivity index (χ2v) is 1.61. The van der Waals surface area contributed by atoms with Gasteiger partial charge in [0.15, 0.2) is 0 Å². The molecule has 54 valence electrons. The number of carbonyl (C=O) groups is 1. The lowest BCUT2D eigenvalue weighted by molar-refractivity contribution is 0.1000. The van der Waals surface area contributed by atoms with Crippen LogP contribution in [0.15, 0.2) is 24.5 Å². The van der Waals surface area contributed by atoms with Crippen molar-refractivity contribution in [2.24, 2.45) is 5.73 Å². The lowest BCUT2D eigenvalue weighted by Crippen LogP contribution is -2.10. The topological polar surface area (TPSA) is 56.0 Å². The van der Waals surface area contributed by atoms with Gasteiger partial charge in [-0.15, -0.1) is 0 Å². The van der Waals surface area contributed by atoms with Crippen LogP contribution in [0, 0.1) is 0 Å². The Bertz CT molecular complexity index is 212. The third-order valence-electron chi connectivity index (χ3n) is 0.946. The third kappa shape index (κ3) is 1.98. The number of amides is 1. The normalized spacial score (nSPS) is 8.00. The van der Waals surface area contributed by atoms with E-state index >= 15 is 0 Å². The summed E-state index contributed by atoms with van der Waals surface area (Å²) < 4.78 is 0. The van der Waals surface area contributed by atoms with E-state index in [9.17, 15) is 4.79 Å². The molecule has 1 aromatic heterocycles. The average Bonchev–Trinajstić information content (AvgIpc) is 1.90. The van der Waals surface area contributed by atoms with Gasteiger partial charge in [0.1, 0.15) is 0 Å². The summed E-state index contributed by atoms with van der Waals surface area (Å²) in [6.45, 7) is 0. The van der Waals surface area contributed by atoms with E-state index < -0.39 is 5.91 Å². The largest absolute Gasteiger partial charge is 0.366 e. The molecule has 0 fully saturated rings. The highest BCUT2D eigenvalue weighted by atomic mass is 28.1. The van der Waals surface area contributed by atoms with E-state index in [1.807, 2.05) is 0 Å². The van der Waals surface area contributed by atoms with Crippen molar-refractivity contribution in [3.63, 3.8) is 0 Å². The fourth-order valence-electron chi connectivity index (χ4n) is 0.509. The van der Waals surface area contributed by atoms with Crippen molar-refractivity contribution in [3.05, 3.63) is 30.1 Å². The van der Waals surface area contributed by atoms with Gasteiger partial charge in [-0.25, -0.2) is 0 Å². The fraction of sp³-hybridized carbons (Fsp3) is 0. The Kier molecular flexibility index (Phi) is 3.35. The number of primary amides is 1. The molecule has 0 saturated carbocycles. The highest BCUT2D eigenvalue weighted by Crippen LogP contribution is 1.91. The minimum Gasteiger partial charge on any atom is -0.366 e. The quantitative estimate of drug-likeness (QED) is 0.513. The second kappa shape index (κ2) is 3.79. The Balaban J connectivity index is 0.000000810. The number of hydrogen-bond donors (Lipinski definition) is 1. The van der Waals surface area contributed by atoms with E-state index in [-0.39, 0.29) is 11.0 Å². The first kappa shape index (κ1) is 8.84. The molecular formula is C6H10N2OSi. The summed E-state index contributed by atoms with van der Waals surface area (Å²) in [7, 11) is 0. The molecule has 0 unspecified atom stereocenters. The van der Waals surface area contributed by atoms with Crippen molar-refractivity contribution >= 4 is 16.9 Å². The first-order chi connectivity index (χ1) is 4.30. The number of nitrogens with two attached hydrogens (primary N) is 1. The first-order valence-electron chi connectivity index (χ1n) is 2.50. The second-order valence-electron chi connectivity index (χ2n) is 1.61. The summed E-state index contributed by atoms with van der Waals surface area (Å²) in [5, 5.41) is 0. The van der Waals surface area contributed by atoms with Gasteiger partial charge in [-0.3, -0.25) is 9.78 Å².